The molecule has 2 N–H and O–H groups in total. The van der Waals surface area contributed by atoms with Gasteiger partial charge in [0.2, 0.25) is 0 Å². The Kier molecular flexibility index (Phi) is 3.41. The van der Waals surface area contributed by atoms with Crippen LogP contribution in [0.15, 0.2) is 12.3 Å². The predicted molar refractivity (Wildman–Crippen MR) is 61.5 cm³/mol. The van der Waals surface area contributed by atoms with Crippen molar-refractivity contribution in [2.75, 3.05) is 7.05 Å². The molecule has 1 aromatic heterocycles. The highest BCUT2D eigenvalue weighted by atomic mass is 32.1. The monoisotopic (exact) mass is 226 g/mol. The van der Waals surface area contributed by atoms with E-state index in [0.717, 1.165) is 0 Å². The van der Waals surface area contributed by atoms with E-state index < -0.39 is 0 Å². The Bertz CT molecular complexity index is 387. The Balaban J connectivity index is 2.81. The fourth-order valence-electron chi connectivity index (χ4n) is 1.08. The second-order valence-electron chi connectivity index (χ2n) is 3.37. The van der Waals surface area contributed by atoms with Crippen LogP contribution in [0.1, 0.15) is 17.4 Å². The summed E-state index contributed by atoms with van der Waals surface area (Å²) in [5, 5.41) is 4.01. The molecule has 6 heteroatoms. The van der Waals surface area contributed by atoms with Crippen LogP contribution in [0.5, 0.6) is 0 Å². The van der Waals surface area contributed by atoms with Gasteiger partial charge in [-0.2, -0.15) is 5.10 Å². The van der Waals surface area contributed by atoms with Gasteiger partial charge in [-0.1, -0.05) is 12.2 Å². The fraction of sp³-hybridized carbons (Fsp3) is 0.444. The molecule has 5 nitrogen and oxygen atoms in total. The van der Waals surface area contributed by atoms with E-state index in [-0.39, 0.29) is 11.9 Å². The highest BCUT2D eigenvalue weighted by Gasteiger charge is 2.20. The first-order chi connectivity index (χ1) is 6.93. The summed E-state index contributed by atoms with van der Waals surface area (Å²) in [5.74, 6) is -0.184. The minimum atomic E-state index is -0.269. The molecule has 15 heavy (non-hydrogen) atoms. The van der Waals surface area contributed by atoms with Gasteiger partial charge in [0.1, 0.15) is 5.69 Å². The van der Waals surface area contributed by atoms with Crippen LogP contribution in [0.3, 0.4) is 0 Å². The van der Waals surface area contributed by atoms with Crippen LogP contribution in [-0.4, -0.2) is 38.7 Å². The second kappa shape index (κ2) is 4.39. The van der Waals surface area contributed by atoms with E-state index in [1.54, 1.807) is 38.0 Å². The molecule has 0 radical (unpaired) electrons. The van der Waals surface area contributed by atoms with Crippen molar-refractivity contribution < 1.29 is 4.79 Å². The van der Waals surface area contributed by atoms with Crippen LogP contribution < -0.4 is 5.73 Å². The standard InChI is InChI=1S/C9H14N4OS/c1-6(8(10)15)13(3)9(14)7-4-5-12(2)11-7/h4-6H,1-3H3,(H2,10,15). The maximum Gasteiger partial charge on any atom is 0.274 e. The summed E-state index contributed by atoms with van der Waals surface area (Å²) in [6.07, 6.45) is 1.71. The Labute approximate surface area is 93.8 Å². The summed E-state index contributed by atoms with van der Waals surface area (Å²) in [5.41, 5.74) is 5.86. The Morgan fingerprint density at radius 2 is 2.33 bits per heavy atom. The summed E-state index contributed by atoms with van der Waals surface area (Å²) >= 11 is 4.83. The van der Waals surface area contributed by atoms with Crippen molar-refractivity contribution >= 4 is 23.1 Å². The number of amides is 1. The number of aryl methyl sites for hydroxylation is 1. The number of nitrogens with two attached hydrogens (primary N) is 1. The Hall–Kier alpha value is -1.43. The van der Waals surface area contributed by atoms with Gasteiger partial charge in [0.15, 0.2) is 0 Å². The molecule has 82 valence electrons. The molecule has 1 unspecified atom stereocenters. The third-order valence-corrected chi connectivity index (χ3v) is 2.59. The number of rotatable bonds is 3. The molecule has 0 spiro atoms. The summed E-state index contributed by atoms with van der Waals surface area (Å²) in [4.78, 5) is 13.6. The zero-order chi connectivity index (χ0) is 11.6. The first-order valence-electron chi connectivity index (χ1n) is 4.49. The summed E-state index contributed by atoms with van der Waals surface area (Å²) in [6.45, 7) is 1.78. The molecule has 1 rings (SSSR count). The van der Waals surface area contributed by atoms with E-state index >= 15 is 0 Å². The molecule has 0 aliphatic rings. The van der Waals surface area contributed by atoms with E-state index in [0.29, 0.717) is 10.7 Å². The molecule has 0 saturated carbocycles. The number of hydrogen-bond donors (Lipinski definition) is 1. The number of likely N-dealkylation sites (N-methyl/N-ethyl adjacent to an activating group) is 1. The topological polar surface area (TPSA) is 64.2 Å². The van der Waals surface area contributed by atoms with Crippen LogP contribution in [0.4, 0.5) is 0 Å². The van der Waals surface area contributed by atoms with E-state index in [4.69, 9.17) is 18.0 Å². The molecule has 0 bridgehead atoms. The van der Waals surface area contributed by atoms with Gasteiger partial charge < -0.3 is 10.6 Å². The van der Waals surface area contributed by atoms with Crippen LogP contribution in [0.2, 0.25) is 0 Å². The molecule has 0 saturated heterocycles. The lowest BCUT2D eigenvalue weighted by Crippen LogP contribution is -2.42. The lowest BCUT2D eigenvalue weighted by molar-refractivity contribution is 0.0772. The summed E-state index contributed by atoms with van der Waals surface area (Å²) in [6, 6.07) is 1.39. The van der Waals surface area contributed by atoms with Gasteiger partial charge >= 0.3 is 0 Å². The molecule has 0 aliphatic heterocycles. The molecular formula is C9H14N4OS. The minimum Gasteiger partial charge on any atom is -0.392 e. The number of hydrogen-bond acceptors (Lipinski definition) is 3. The first-order valence-corrected chi connectivity index (χ1v) is 4.90. The van der Waals surface area contributed by atoms with Crippen molar-refractivity contribution in [1.82, 2.24) is 14.7 Å². The smallest absolute Gasteiger partial charge is 0.274 e. The molecule has 0 aromatic carbocycles. The number of thiocarbonyl (C=S) groups is 1. The van der Waals surface area contributed by atoms with E-state index in [1.807, 2.05) is 0 Å². The van der Waals surface area contributed by atoms with Crippen molar-refractivity contribution in [3.05, 3.63) is 18.0 Å². The van der Waals surface area contributed by atoms with Gasteiger partial charge in [-0.05, 0) is 13.0 Å². The maximum absolute atomic E-state index is 11.8. The normalized spacial score (nSPS) is 12.2. The number of aromatic nitrogens is 2. The van der Waals surface area contributed by atoms with E-state index in [9.17, 15) is 4.79 Å². The summed E-state index contributed by atoms with van der Waals surface area (Å²) < 4.78 is 1.58. The minimum absolute atomic E-state index is 0.184. The number of carbonyl (C=O) groups excluding carboxylic acids is 1. The quantitative estimate of drug-likeness (QED) is 0.746. The lowest BCUT2D eigenvalue weighted by atomic mass is 10.2. The maximum atomic E-state index is 11.8. The van der Waals surface area contributed by atoms with Crippen LogP contribution in [0, 0.1) is 0 Å². The largest absolute Gasteiger partial charge is 0.392 e. The molecule has 1 heterocycles. The SMILES string of the molecule is CC(C(N)=S)N(C)C(=O)c1ccn(C)n1. The fourth-order valence-corrected chi connectivity index (χ4v) is 1.23. The Morgan fingerprint density at radius 1 is 1.73 bits per heavy atom. The van der Waals surface area contributed by atoms with Crippen molar-refractivity contribution in [1.29, 1.82) is 0 Å². The van der Waals surface area contributed by atoms with Gasteiger partial charge in [-0.25, -0.2) is 0 Å². The number of nitrogens with zero attached hydrogens (tertiary/aromatic N) is 3. The predicted octanol–water partition coefficient (Wildman–Crippen LogP) is 0.167. The molecule has 0 fully saturated rings. The lowest BCUT2D eigenvalue weighted by Gasteiger charge is -2.22. The van der Waals surface area contributed by atoms with E-state index in [1.165, 1.54) is 4.90 Å². The van der Waals surface area contributed by atoms with Gasteiger partial charge in [0, 0.05) is 20.3 Å². The third kappa shape index (κ3) is 2.53. The average Bonchev–Trinajstić information content (AvgIpc) is 2.61. The van der Waals surface area contributed by atoms with Crippen LogP contribution >= 0.6 is 12.2 Å². The van der Waals surface area contributed by atoms with Crippen molar-refractivity contribution in [2.24, 2.45) is 12.8 Å². The van der Waals surface area contributed by atoms with Gasteiger partial charge in [0.25, 0.3) is 5.91 Å². The van der Waals surface area contributed by atoms with Crippen molar-refractivity contribution in [2.45, 2.75) is 13.0 Å². The number of carbonyl (C=O) groups is 1. The molecule has 1 atom stereocenters. The van der Waals surface area contributed by atoms with Crippen molar-refractivity contribution in [3.8, 4) is 0 Å². The van der Waals surface area contributed by atoms with Gasteiger partial charge in [-0.15, -0.1) is 0 Å². The molecule has 0 aliphatic carbocycles. The zero-order valence-electron chi connectivity index (χ0n) is 8.97. The van der Waals surface area contributed by atoms with Crippen molar-refractivity contribution in [3.63, 3.8) is 0 Å². The molecular weight excluding hydrogens is 212 g/mol. The average molecular weight is 226 g/mol. The van der Waals surface area contributed by atoms with Gasteiger partial charge in [0.05, 0.1) is 11.0 Å². The van der Waals surface area contributed by atoms with Crippen LogP contribution in [0.25, 0.3) is 0 Å². The van der Waals surface area contributed by atoms with Gasteiger partial charge in [-0.3, -0.25) is 9.48 Å². The Morgan fingerprint density at radius 3 is 2.73 bits per heavy atom. The zero-order valence-corrected chi connectivity index (χ0v) is 9.78. The molecule has 1 amide bonds. The second-order valence-corrected chi connectivity index (χ2v) is 3.84. The first kappa shape index (κ1) is 11.6. The summed E-state index contributed by atoms with van der Waals surface area (Å²) in [7, 11) is 3.41. The van der Waals surface area contributed by atoms with Crippen LogP contribution in [-0.2, 0) is 7.05 Å². The highest BCUT2D eigenvalue weighted by Crippen LogP contribution is 2.04. The highest BCUT2D eigenvalue weighted by molar-refractivity contribution is 7.80. The molecule has 1 aromatic rings. The van der Waals surface area contributed by atoms with E-state index in [2.05, 4.69) is 5.10 Å². The third-order valence-electron chi connectivity index (χ3n) is 2.25.